The Balaban J connectivity index is 1.82. The van der Waals surface area contributed by atoms with Crippen LogP contribution in [0.5, 0.6) is 0 Å². The fourth-order valence-corrected chi connectivity index (χ4v) is 2.84. The first-order chi connectivity index (χ1) is 8.97. The van der Waals surface area contributed by atoms with Crippen molar-refractivity contribution in [2.24, 2.45) is 5.73 Å². The molecule has 2 rings (SSSR count). The Morgan fingerprint density at radius 1 is 1.26 bits per heavy atom. The zero-order chi connectivity index (χ0) is 13.9. The van der Waals surface area contributed by atoms with Gasteiger partial charge in [0.15, 0.2) is 0 Å². The van der Waals surface area contributed by atoms with Crippen molar-refractivity contribution >= 4 is 5.91 Å². The van der Waals surface area contributed by atoms with E-state index in [0.29, 0.717) is 6.10 Å². The van der Waals surface area contributed by atoms with Crippen LogP contribution in [0.3, 0.4) is 0 Å². The van der Waals surface area contributed by atoms with Crippen LogP contribution in [0.15, 0.2) is 0 Å². The maximum Gasteiger partial charge on any atom is 0.242 e. The third-order valence-electron chi connectivity index (χ3n) is 3.91. The van der Waals surface area contributed by atoms with Gasteiger partial charge in [-0.25, -0.2) is 0 Å². The van der Waals surface area contributed by atoms with E-state index in [2.05, 4.69) is 4.90 Å². The van der Waals surface area contributed by atoms with E-state index in [4.69, 9.17) is 10.5 Å². The molecule has 2 aliphatic heterocycles. The molecule has 2 aliphatic rings. The van der Waals surface area contributed by atoms with Crippen LogP contribution < -0.4 is 5.73 Å². The molecule has 5 heteroatoms. The van der Waals surface area contributed by atoms with Crippen LogP contribution in [0.25, 0.3) is 0 Å². The highest BCUT2D eigenvalue weighted by molar-refractivity contribution is 5.85. The molecule has 0 radical (unpaired) electrons. The van der Waals surface area contributed by atoms with E-state index in [0.717, 1.165) is 45.8 Å². The van der Waals surface area contributed by atoms with Crippen molar-refractivity contribution in [3.05, 3.63) is 0 Å². The molecule has 2 heterocycles. The number of hydrogen-bond donors (Lipinski definition) is 1. The summed E-state index contributed by atoms with van der Waals surface area (Å²) in [6.45, 7) is 9.07. The molecule has 0 aromatic heterocycles. The number of rotatable bonds is 3. The van der Waals surface area contributed by atoms with Gasteiger partial charge in [0.25, 0.3) is 0 Å². The minimum atomic E-state index is -0.760. The highest BCUT2D eigenvalue weighted by Crippen LogP contribution is 2.15. The van der Waals surface area contributed by atoms with E-state index in [1.807, 2.05) is 4.90 Å². The average Bonchev–Trinajstić information content (AvgIpc) is 2.72. The Bertz CT molecular complexity index is 308. The van der Waals surface area contributed by atoms with Gasteiger partial charge in [-0.15, -0.1) is 0 Å². The van der Waals surface area contributed by atoms with Crippen molar-refractivity contribution < 1.29 is 9.53 Å². The molecule has 0 aromatic carbocycles. The minimum Gasteiger partial charge on any atom is -0.377 e. The monoisotopic (exact) mass is 269 g/mol. The Morgan fingerprint density at radius 2 is 2.05 bits per heavy atom. The average molecular weight is 269 g/mol. The molecule has 2 saturated heterocycles. The Labute approximate surface area is 116 Å². The van der Waals surface area contributed by atoms with E-state index in [1.54, 1.807) is 13.8 Å². The summed E-state index contributed by atoms with van der Waals surface area (Å²) >= 11 is 0. The summed E-state index contributed by atoms with van der Waals surface area (Å²) in [5, 5.41) is 0. The molecular weight excluding hydrogens is 242 g/mol. The van der Waals surface area contributed by atoms with Crippen molar-refractivity contribution in [1.82, 2.24) is 9.80 Å². The number of carbonyl (C=O) groups excluding carboxylic acids is 1. The van der Waals surface area contributed by atoms with Gasteiger partial charge in [0, 0.05) is 32.8 Å². The van der Waals surface area contributed by atoms with Crippen LogP contribution in [0.4, 0.5) is 0 Å². The molecule has 0 aliphatic carbocycles. The second-order valence-corrected chi connectivity index (χ2v) is 6.30. The SMILES string of the molecule is CC(C)(N)C(=O)N1CCCN(CC2CCCO2)CC1. The maximum absolute atomic E-state index is 12.2. The Hall–Kier alpha value is -0.650. The number of amides is 1. The van der Waals surface area contributed by atoms with Crippen molar-refractivity contribution in [3.8, 4) is 0 Å². The third kappa shape index (κ3) is 4.16. The summed E-state index contributed by atoms with van der Waals surface area (Å²) in [5.74, 6) is 0.0615. The minimum absolute atomic E-state index is 0.0615. The van der Waals surface area contributed by atoms with Crippen molar-refractivity contribution in [2.75, 3.05) is 39.3 Å². The first kappa shape index (κ1) is 14.8. The molecule has 1 atom stereocenters. The fraction of sp³-hybridized carbons (Fsp3) is 0.929. The van der Waals surface area contributed by atoms with Crippen LogP contribution in [0, 0.1) is 0 Å². The highest BCUT2D eigenvalue weighted by Gasteiger charge is 2.29. The molecule has 1 unspecified atom stereocenters. The van der Waals surface area contributed by atoms with Gasteiger partial charge < -0.3 is 15.4 Å². The molecule has 0 spiro atoms. The summed E-state index contributed by atoms with van der Waals surface area (Å²) in [5.41, 5.74) is 5.14. The zero-order valence-corrected chi connectivity index (χ0v) is 12.2. The van der Waals surface area contributed by atoms with Gasteiger partial charge in [-0.05, 0) is 39.7 Å². The van der Waals surface area contributed by atoms with Gasteiger partial charge in [0.2, 0.25) is 5.91 Å². The molecule has 19 heavy (non-hydrogen) atoms. The Morgan fingerprint density at radius 3 is 2.68 bits per heavy atom. The summed E-state index contributed by atoms with van der Waals surface area (Å²) in [4.78, 5) is 16.5. The van der Waals surface area contributed by atoms with E-state index in [9.17, 15) is 4.79 Å². The molecule has 0 bridgehead atoms. The summed E-state index contributed by atoms with van der Waals surface area (Å²) < 4.78 is 5.68. The lowest BCUT2D eigenvalue weighted by molar-refractivity contribution is -0.135. The van der Waals surface area contributed by atoms with Crippen LogP contribution in [-0.2, 0) is 9.53 Å². The van der Waals surface area contributed by atoms with Crippen molar-refractivity contribution in [3.63, 3.8) is 0 Å². The smallest absolute Gasteiger partial charge is 0.242 e. The van der Waals surface area contributed by atoms with Gasteiger partial charge in [-0.1, -0.05) is 0 Å². The lowest BCUT2D eigenvalue weighted by atomic mass is 10.1. The maximum atomic E-state index is 12.2. The third-order valence-corrected chi connectivity index (χ3v) is 3.91. The second kappa shape index (κ2) is 6.20. The molecule has 2 fully saturated rings. The van der Waals surface area contributed by atoms with Crippen molar-refractivity contribution in [1.29, 1.82) is 0 Å². The highest BCUT2D eigenvalue weighted by atomic mass is 16.5. The normalized spacial score (nSPS) is 26.5. The van der Waals surface area contributed by atoms with Gasteiger partial charge in [-0.3, -0.25) is 9.69 Å². The van der Waals surface area contributed by atoms with Gasteiger partial charge >= 0.3 is 0 Å². The first-order valence-electron chi connectivity index (χ1n) is 7.39. The second-order valence-electron chi connectivity index (χ2n) is 6.30. The first-order valence-corrected chi connectivity index (χ1v) is 7.39. The quantitative estimate of drug-likeness (QED) is 0.807. The Kier molecular flexibility index (Phi) is 4.81. The van der Waals surface area contributed by atoms with Crippen LogP contribution in [-0.4, -0.2) is 66.7 Å². The van der Waals surface area contributed by atoms with Crippen LogP contribution >= 0.6 is 0 Å². The zero-order valence-electron chi connectivity index (χ0n) is 12.2. The fourth-order valence-electron chi connectivity index (χ4n) is 2.84. The number of hydrogen-bond acceptors (Lipinski definition) is 4. The van der Waals surface area contributed by atoms with E-state index in [1.165, 1.54) is 12.8 Å². The lowest BCUT2D eigenvalue weighted by Gasteiger charge is -2.28. The predicted molar refractivity (Wildman–Crippen MR) is 74.9 cm³/mol. The molecule has 5 nitrogen and oxygen atoms in total. The molecule has 0 aromatic rings. The summed E-state index contributed by atoms with van der Waals surface area (Å²) in [6, 6.07) is 0. The van der Waals surface area contributed by atoms with E-state index in [-0.39, 0.29) is 5.91 Å². The topological polar surface area (TPSA) is 58.8 Å². The molecule has 2 N–H and O–H groups in total. The summed E-state index contributed by atoms with van der Waals surface area (Å²) in [6.07, 6.45) is 3.78. The number of nitrogens with two attached hydrogens (primary N) is 1. The largest absolute Gasteiger partial charge is 0.377 e. The number of nitrogens with zero attached hydrogens (tertiary/aromatic N) is 2. The van der Waals surface area contributed by atoms with Gasteiger partial charge in [0.1, 0.15) is 0 Å². The molecule has 110 valence electrons. The molecule has 1 amide bonds. The standard InChI is InChI=1S/C14H27N3O2/c1-14(2,15)13(18)17-7-4-6-16(8-9-17)11-12-5-3-10-19-12/h12H,3-11,15H2,1-2H3. The van der Waals surface area contributed by atoms with Gasteiger partial charge in [-0.2, -0.15) is 0 Å². The number of carbonyl (C=O) groups is 1. The van der Waals surface area contributed by atoms with Gasteiger partial charge in [0.05, 0.1) is 11.6 Å². The number of ether oxygens (including phenoxy) is 1. The molecule has 0 saturated carbocycles. The van der Waals surface area contributed by atoms with E-state index >= 15 is 0 Å². The lowest BCUT2D eigenvalue weighted by Crippen LogP contribution is -2.52. The van der Waals surface area contributed by atoms with Crippen LogP contribution in [0.2, 0.25) is 0 Å². The van der Waals surface area contributed by atoms with Crippen LogP contribution in [0.1, 0.15) is 33.1 Å². The summed E-state index contributed by atoms with van der Waals surface area (Å²) in [7, 11) is 0. The molecular formula is C14H27N3O2. The van der Waals surface area contributed by atoms with Crippen molar-refractivity contribution in [2.45, 2.75) is 44.8 Å². The predicted octanol–water partition coefficient (Wildman–Crippen LogP) is 0.437. The van der Waals surface area contributed by atoms with E-state index < -0.39 is 5.54 Å².